The van der Waals surface area contributed by atoms with Crippen LogP contribution in [-0.2, 0) is 25.5 Å². The zero-order valence-electron chi connectivity index (χ0n) is 36.4. The molecule has 4 aromatic carbocycles. The van der Waals surface area contributed by atoms with Crippen LogP contribution in [0.15, 0.2) is 71.8 Å². The van der Waals surface area contributed by atoms with E-state index in [0.717, 1.165) is 71.9 Å². The Bertz CT molecular complexity index is 2170. The van der Waals surface area contributed by atoms with Gasteiger partial charge < -0.3 is 0 Å². The van der Waals surface area contributed by atoms with E-state index in [1.54, 1.807) is 0 Å². The quantitative estimate of drug-likeness (QED) is 0.117. The second-order valence-corrected chi connectivity index (χ2v) is 47.4. The van der Waals surface area contributed by atoms with Crippen molar-refractivity contribution in [3.63, 3.8) is 0 Å². The molecule has 2 atom stereocenters. The molecule has 8 heteroatoms. The Morgan fingerprint density at radius 3 is 1.33 bits per heavy atom. The fourth-order valence-electron chi connectivity index (χ4n) is 9.73. The molecule has 0 aliphatic heterocycles. The molecule has 6 rings (SSSR count). The number of unbranched alkanes of at least 4 members (excludes halogenated alkanes) is 2. The summed E-state index contributed by atoms with van der Waals surface area (Å²) in [5.74, 6) is -0.362. The molecule has 0 heterocycles. The third-order valence-corrected chi connectivity index (χ3v) is 42.1. The van der Waals surface area contributed by atoms with Crippen molar-refractivity contribution in [3.05, 3.63) is 127 Å². The molecule has 0 saturated heterocycles. The monoisotopic (exact) mass is 983 g/mol. The molecule has 2 amide bonds. The van der Waals surface area contributed by atoms with Crippen molar-refractivity contribution in [2.24, 2.45) is 0 Å². The van der Waals surface area contributed by atoms with Crippen LogP contribution in [0, 0.1) is 41.5 Å². The summed E-state index contributed by atoms with van der Waals surface area (Å²) in [6, 6.07) is 22.1. The predicted molar refractivity (Wildman–Crippen MR) is 247 cm³/mol. The number of hydrogen-bond donors (Lipinski definition) is 2. The van der Waals surface area contributed by atoms with Crippen molar-refractivity contribution in [1.82, 2.24) is 10.5 Å². The Morgan fingerprint density at radius 1 is 0.569 bits per heavy atom. The van der Waals surface area contributed by atoms with Gasteiger partial charge in [0.2, 0.25) is 0 Å². The molecule has 2 aliphatic rings. The summed E-state index contributed by atoms with van der Waals surface area (Å²) in [6.07, 6.45) is 10.8. The Hall–Kier alpha value is -3.18. The SMILES string of the molecule is CCCCC1=Cc2c(-c3ccc(C)c(C)c3C)cccc2[CH]1[Hf]([Cl])([Cl])([B](NC(=O)CC)NC(=O)CC)[CH]1C(CCCC)=Cc2c(-c3ccc(C)c(C)c3C)cccc21. The van der Waals surface area contributed by atoms with Crippen molar-refractivity contribution in [2.75, 3.05) is 0 Å². The van der Waals surface area contributed by atoms with Gasteiger partial charge in [-0.15, -0.1) is 0 Å². The molecule has 0 aromatic heterocycles. The first kappa shape index (κ1) is 44.4. The fourth-order valence-corrected chi connectivity index (χ4v) is 39.5. The van der Waals surface area contributed by atoms with Gasteiger partial charge in [-0.3, -0.25) is 0 Å². The van der Waals surface area contributed by atoms with Gasteiger partial charge in [-0.1, -0.05) is 0 Å². The zero-order valence-corrected chi connectivity index (χ0v) is 41.5. The van der Waals surface area contributed by atoms with Crippen LogP contribution >= 0.6 is 17.2 Å². The first-order valence-electron chi connectivity index (χ1n) is 21.6. The van der Waals surface area contributed by atoms with Crippen molar-refractivity contribution in [2.45, 2.75) is 128 Å². The van der Waals surface area contributed by atoms with E-state index in [0.29, 0.717) is 0 Å². The molecule has 4 nitrogen and oxygen atoms in total. The van der Waals surface area contributed by atoms with Crippen LogP contribution in [0.25, 0.3) is 34.4 Å². The number of benzene rings is 4. The normalized spacial score (nSPS) is 16.5. The molecular formula is C50H62BCl2HfN2O2. The second-order valence-electron chi connectivity index (χ2n) is 17.0. The molecule has 2 unspecified atom stereocenters. The Morgan fingerprint density at radius 2 is 0.966 bits per heavy atom. The minimum atomic E-state index is -6.20. The summed E-state index contributed by atoms with van der Waals surface area (Å²) in [7, 11) is 18.0. The number of fused-ring (bicyclic) bond motifs is 2. The number of carbonyl (C=O) groups excluding carboxylic acids is 2. The van der Waals surface area contributed by atoms with Crippen LogP contribution < -0.4 is 10.5 Å². The van der Waals surface area contributed by atoms with Crippen molar-refractivity contribution in [1.29, 1.82) is 0 Å². The first-order chi connectivity index (χ1) is 27.6. The number of allylic oxidation sites excluding steroid dienone is 2. The number of carbonyl (C=O) groups is 2. The summed E-state index contributed by atoms with van der Waals surface area (Å²) in [4.78, 5) is 27.6. The Balaban J connectivity index is 1.72. The van der Waals surface area contributed by atoms with E-state index >= 15 is 0 Å². The summed E-state index contributed by atoms with van der Waals surface area (Å²) in [6.45, 7) is 21.3. The number of hydrogen-bond acceptors (Lipinski definition) is 2. The van der Waals surface area contributed by atoms with Crippen molar-refractivity contribution >= 4 is 45.7 Å². The third kappa shape index (κ3) is 7.80. The van der Waals surface area contributed by atoms with Gasteiger partial charge in [-0.2, -0.15) is 0 Å². The second kappa shape index (κ2) is 17.8. The maximum atomic E-state index is 13.8. The number of aryl methyl sites for hydroxylation is 2. The molecular weight excluding hydrogens is 921 g/mol. The Kier molecular flexibility index (Phi) is 13.6. The zero-order chi connectivity index (χ0) is 42.1. The van der Waals surface area contributed by atoms with Gasteiger partial charge in [0, 0.05) is 0 Å². The van der Waals surface area contributed by atoms with Gasteiger partial charge in [0.25, 0.3) is 0 Å². The molecule has 305 valence electrons. The van der Waals surface area contributed by atoms with E-state index in [2.05, 4.69) is 139 Å². The molecule has 0 saturated carbocycles. The van der Waals surface area contributed by atoms with E-state index in [1.807, 2.05) is 13.8 Å². The average Bonchev–Trinajstić information content (AvgIpc) is 3.80. The topological polar surface area (TPSA) is 58.2 Å². The first-order valence-corrected chi connectivity index (χ1v) is 36.7. The summed E-state index contributed by atoms with van der Waals surface area (Å²) >= 11 is -6.20. The van der Waals surface area contributed by atoms with Gasteiger partial charge in [0.1, 0.15) is 0 Å². The van der Waals surface area contributed by atoms with Gasteiger partial charge >= 0.3 is 359 Å². The van der Waals surface area contributed by atoms with Crippen LogP contribution in [0.4, 0.5) is 0 Å². The van der Waals surface area contributed by atoms with Crippen LogP contribution in [-0.4, -0.2) is 16.4 Å². The number of rotatable bonds is 15. The number of halogens is 2. The average molecular weight is 983 g/mol. The molecule has 0 bridgehead atoms. The molecule has 0 radical (unpaired) electrons. The van der Waals surface area contributed by atoms with E-state index in [-0.39, 0.29) is 32.0 Å². The Labute approximate surface area is 356 Å². The van der Waals surface area contributed by atoms with Gasteiger partial charge in [0.05, 0.1) is 0 Å². The van der Waals surface area contributed by atoms with Crippen molar-refractivity contribution < 1.29 is 25.5 Å². The van der Waals surface area contributed by atoms with E-state index in [1.165, 1.54) is 55.7 Å². The van der Waals surface area contributed by atoms with Crippen LogP contribution in [0.5, 0.6) is 0 Å². The maximum absolute atomic E-state index is 13.8. The van der Waals surface area contributed by atoms with E-state index < -0.39 is 20.5 Å². The summed E-state index contributed by atoms with van der Waals surface area (Å²) in [5.41, 5.74) is 19.3. The third-order valence-electron chi connectivity index (χ3n) is 13.5. The summed E-state index contributed by atoms with van der Waals surface area (Å²) in [5, 5.41) is 6.66. The molecule has 58 heavy (non-hydrogen) atoms. The number of nitrogens with one attached hydrogen (secondary N) is 2. The molecule has 2 N–H and O–H groups in total. The minimum absolute atomic E-state index is 0.181. The van der Waals surface area contributed by atoms with Crippen LogP contribution in [0.1, 0.15) is 142 Å². The van der Waals surface area contributed by atoms with Gasteiger partial charge in [-0.05, 0) is 0 Å². The fraction of sp³-hybridized carbons (Fsp3) is 0.400. The standard InChI is InChI=1S/2C22H25.C6H11BN2O2.2ClH.Hf/c2*1-5-6-8-18-13-19-9-7-10-21(22(19)14-18)20-12-11-15(2)16(3)17(20)4;1-3-5(10)8-7-9-6(11)4-2;;;/h2*7,9-14H,5-6,8H2,1-4H3;3-4H2,1-2H3,(H-,8,9,10,11);2*1H;/q;;;;;+1/p-1. The van der Waals surface area contributed by atoms with Crippen molar-refractivity contribution in [3.8, 4) is 22.3 Å². The van der Waals surface area contributed by atoms with Crippen LogP contribution in [0.3, 0.4) is 0 Å². The number of amides is 2. The molecule has 4 aromatic rings. The molecule has 0 spiro atoms. The summed E-state index contributed by atoms with van der Waals surface area (Å²) < 4.78 is -1.68. The predicted octanol–water partition coefficient (Wildman–Crippen LogP) is 13.9. The molecule has 0 fully saturated rings. The van der Waals surface area contributed by atoms with Gasteiger partial charge in [0.15, 0.2) is 0 Å². The van der Waals surface area contributed by atoms with Crippen LogP contribution in [0.2, 0.25) is 0 Å². The van der Waals surface area contributed by atoms with E-state index in [4.69, 9.17) is 17.2 Å². The van der Waals surface area contributed by atoms with Gasteiger partial charge in [-0.25, -0.2) is 0 Å². The van der Waals surface area contributed by atoms with E-state index in [9.17, 15) is 9.59 Å². The molecule has 2 aliphatic carbocycles.